The van der Waals surface area contributed by atoms with E-state index in [1.54, 1.807) is 11.3 Å². The van der Waals surface area contributed by atoms with Gasteiger partial charge in [0.1, 0.15) is 10.8 Å². The number of hydrogen-bond acceptors (Lipinski definition) is 3. The highest BCUT2D eigenvalue weighted by Gasteiger charge is 2.11. The summed E-state index contributed by atoms with van der Waals surface area (Å²) >= 11 is 7.46. The van der Waals surface area contributed by atoms with Crippen molar-refractivity contribution in [1.82, 2.24) is 14.5 Å². The van der Waals surface area contributed by atoms with Gasteiger partial charge in [0.05, 0.1) is 29.2 Å². The number of aromatic nitrogens is 3. The molecule has 3 nitrogen and oxygen atoms in total. The predicted octanol–water partition coefficient (Wildman–Crippen LogP) is 3.84. The Hall–Kier alpha value is -1.39. The monoisotopic (exact) mass is 291 g/mol. The molecule has 2 aromatic heterocycles. The average Bonchev–Trinajstić information content (AvgIpc) is 3.04. The van der Waals surface area contributed by atoms with E-state index in [0.29, 0.717) is 5.88 Å². The average molecular weight is 292 g/mol. The van der Waals surface area contributed by atoms with E-state index < -0.39 is 0 Å². The van der Waals surface area contributed by atoms with E-state index in [4.69, 9.17) is 11.6 Å². The van der Waals surface area contributed by atoms with Gasteiger partial charge >= 0.3 is 0 Å². The lowest BCUT2D eigenvalue weighted by atomic mass is 10.3. The first-order chi connectivity index (χ1) is 9.31. The summed E-state index contributed by atoms with van der Waals surface area (Å²) in [6.45, 7) is 2.90. The number of para-hydroxylation sites is 2. The van der Waals surface area contributed by atoms with Crippen molar-refractivity contribution in [2.45, 2.75) is 25.8 Å². The minimum atomic E-state index is 0.474. The highest BCUT2D eigenvalue weighted by molar-refractivity contribution is 7.09. The number of halogens is 1. The minimum Gasteiger partial charge on any atom is -0.321 e. The lowest BCUT2D eigenvalue weighted by Crippen LogP contribution is -2.04. The third-order valence-corrected chi connectivity index (χ3v) is 4.24. The fourth-order valence-corrected chi connectivity index (χ4v) is 3.20. The number of hydrogen-bond donors (Lipinski definition) is 0. The summed E-state index contributed by atoms with van der Waals surface area (Å²) in [5.41, 5.74) is 3.17. The van der Waals surface area contributed by atoms with Crippen LogP contribution in [0.15, 0.2) is 29.6 Å². The van der Waals surface area contributed by atoms with Gasteiger partial charge in [-0.1, -0.05) is 19.1 Å². The first-order valence-electron chi connectivity index (χ1n) is 6.25. The highest BCUT2D eigenvalue weighted by Crippen LogP contribution is 2.20. The Morgan fingerprint density at radius 3 is 2.84 bits per heavy atom. The summed E-state index contributed by atoms with van der Waals surface area (Å²) < 4.78 is 2.24. The largest absolute Gasteiger partial charge is 0.321 e. The summed E-state index contributed by atoms with van der Waals surface area (Å²) in [5, 5.41) is 3.10. The van der Waals surface area contributed by atoms with Gasteiger partial charge in [-0.15, -0.1) is 22.9 Å². The van der Waals surface area contributed by atoms with Crippen LogP contribution in [-0.2, 0) is 18.8 Å². The minimum absolute atomic E-state index is 0.474. The van der Waals surface area contributed by atoms with Gasteiger partial charge in [-0.2, -0.15) is 0 Å². The lowest BCUT2D eigenvalue weighted by Gasteiger charge is -2.05. The number of thiazole rings is 1. The summed E-state index contributed by atoms with van der Waals surface area (Å²) in [7, 11) is 0. The molecule has 0 aliphatic heterocycles. The Bertz CT molecular complexity index is 702. The number of fused-ring (bicyclic) bond motifs is 1. The fraction of sp³-hybridized carbons (Fsp3) is 0.286. The van der Waals surface area contributed by atoms with Gasteiger partial charge in [-0.05, 0) is 12.1 Å². The van der Waals surface area contributed by atoms with Gasteiger partial charge in [0, 0.05) is 11.8 Å². The van der Waals surface area contributed by atoms with E-state index >= 15 is 0 Å². The second-order valence-corrected chi connectivity index (χ2v) is 5.53. The van der Waals surface area contributed by atoms with Crippen LogP contribution in [0, 0.1) is 0 Å². The Balaban J connectivity index is 2.03. The molecule has 0 aliphatic rings. The molecule has 0 amide bonds. The molecule has 0 radical (unpaired) electrons. The van der Waals surface area contributed by atoms with E-state index in [9.17, 15) is 0 Å². The van der Waals surface area contributed by atoms with E-state index in [1.165, 1.54) is 5.52 Å². The van der Waals surface area contributed by atoms with Crippen molar-refractivity contribution in [1.29, 1.82) is 0 Å². The molecule has 1 aromatic carbocycles. The van der Waals surface area contributed by atoms with E-state index in [-0.39, 0.29) is 0 Å². The number of aryl methyl sites for hydroxylation is 1. The van der Waals surface area contributed by atoms with Gasteiger partial charge in [-0.3, -0.25) is 0 Å². The molecule has 0 aliphatic carbocycles. The molecule has 0 fully saturated rings. The Morgan fingerprint density at radius 2 is 2.11 bits per heavy atom. The molecule has 0 N–H and O–H groups in total. The summed E-state index contributed by atoms with van der Waals surface area (Å²) in [4.78, 5) is 9.19. The lowest BCUT2D eigenvalue weighted by molar-refractivity contribution is 0.747. The van der Waals surface area contributed by atoms with Crippen molar-refractivity contribution in [3.05, 3.63) is 46.2 Å². The number of imidazole rings is 1. The zero-order valence-corrected chi connectivity index (χ0v) is 12.2. The zero-order valence-electron chi connectivity index (χ0n) is 10.6. The maximum Gasteiger partial charge on any atom is 0.113 e. The molecule has 0 atom stereocenters. The molecule has 0 spiro atoms. The van der Waals surface area contributed by atoms with Gasteiger partial charge in [0.15, 0.2) is 0 Å². The molecule has 0 unspecified atom stereocenters. The molecule has 3 rings (SSSR count). The van der Waals surface area contributed by atoms with Crippen LogP contribution in [0.3, 0.4) is 0 Å². The number of benzene rings is 1. The van der Waals surface area contributed by atoms with Crippen LogP contribution in [0.25, 0.3) is 11.0 Å². The normalized spacial score (nSPS) is 11.3. The molecule has 0 saturated heterocycles. The Labute approximate surface area is 120 Å². The van der Waals surface area contributed by atoms with Gasteiger partial charge in [-0.25, -0.2) is 9.97 Å². The van der Waals surface area contributed by atoms with Crippen LogP contribution < -0.4 is 0 Å². The topological polar surface area (TPSA) is 30.7 Å². The van der Waals surface area contributed by atoms with Crippen LogP contribution in [0.4, 0.5) is 0 Å². The molecular weight excluding hydrogens is 278 g/mol. The fourth-order valence-electron chi connectivity index (χ4n) is 2.19. The molecule has 2 heterocycles. The van der Waals surface area contributed by atoms with E-state index in [0.717, 1.165) is 35.0 Å². The number of nitrogens with zero attached hydrogens (tertiary/aromatic N) is 3. The quantitative estimate of drug-likeness (QED) is 0.684. The summed E-state index contributed by atoms with van der Waals surface area (Å²) in [5.74, 6) is 1.57. The molecule has 19 heavy (non-hydrogen) atoms. The first kappa shape index (κ1) is 12.6. The van der Waals surface area contributed by atoms with Crippen molar-refractivity contribution < 1.29 is 0 Å². The molecule has 5 heteroatoms. The summed E-state index contributed by atoms with van der Waals surface area (Å²) in [6, 6.07) is 8.23. The van der Waals surface area contributed by atoms with Gasteiger partial charge in [0.2, 0.25) is 0 Å². The van der Waals surface area contributed by atoms with Crippen molar-refractivity contribution in [2.24, 2.45) is 0 Å². The zero-order chi connectivity index (χ0) is 13.2. The van der Waals surface area contributed by atoms with Crippen LogP contribution in [0.5, 0.6) is 0 Å². The van der Waals surface area contributed by atoms with Crippen molar-refractivity contribution in [3.8, 4) is 0 Å². The van der Waals surface area contributed by atoms with Crippen molar-refractivity contribution in [3.63, 3.8) is 0 Å². The Morgan fingerprint density at radius 1 is 1.26 bits per heavy atom. The molecule has 98 valence electrons. The van der Waals surface area contributed by atoms with E-state index in [1.807, 2.05) is 17.5 Å². The third-order valence-electron chi connectivity index (χ3n) is 3.08. The number of rotatable bonds is 4. The third kappa shape index (κ3) is 2.38. The second kappa shape index (κ2) is 5.31. The molecular formula is C14H14ClN3S. The van der Waals surface area contributed by atoms with Crippen LogP contribution >= 0.6 is 22.9 Å². The van der Waals surface area contributed by atoms with Crippen molar-refractivity contribution >= 4 is 34.0 Å². The number of alkyl halides is 1. The van der Waals surface area contributed by atoms with Crippen LogP contribution in [0.1, 0.15) is 23.4 Å². The van der Waals surface area contributed by atoms with Crippen LogP contribution in [0.2, 0.25) is 0 Å². The Kier molecular flexibility index (Phi) is 3.53. The van der Waals surface area contributed by atoms with Crippen molar-refractivity contribution in [2.75, 3.05) is 0 Å². The standard InChI is InChI=1S/C14H14ClN3S/c1-2-13-17-11-5-3-4-6-12(11)18(13)8-14-16-10(7-15)9-19-14/h3-6,9H,2,7-8H2,1H3. The second-order valence-electron chi connectivity index (χ2n) is 4.32. The maximum absolute atomic E-state index is 5.80. The smallest absolute Gasteiger partial charge is 0.113 e. The summed E-state index contributed by atoms with van der Waals surface area (Å²) in [6.07, 6.45) is 0.919. The molecule has 3 aromatic rings. The SMILES string of the molecule is CCc1nc2ccccc2n1Cc1nc(CCl)cs1. The van der Waals surface area contributed by atoms with Gasteiger partial charge < -0.3 is 4.57 Å². The van der Waals surface area contributed by atoms with Crippen LogP contribution in [-0.4, -0.2) is 14.5 Å². The molecule has 0 saturated carbocycles. The molecule has 0 bridgehead atoms. The maximum atomic E-state index is 5.80. The van der Waals surface area contributed by atoms with Gasteiger partial charge in [0.25, 0.3) is 0 Å². The highest BCUT2D eigenvalue weighted by atomic mass is 35.5. The van der Waals surface area contributed by atoms with E-state index in [2.05, 4.69) is 33.6 Å². The first-order valence-corrected chi connectivity index (χ1v) is 7.66. The predicted molar refractivity (Wildman–Crippen MR) is 79.9 cm³/mol.